The van der Waals surface area contributed by atoms with Gasteiger partial charge < -0.3 is 5.32 Å². The maximum Gasteiger partial charge on any atom is 0.471 e. The summed E-state index contributed by atoms with van der Waals surface area (Å²) in [5.41, 5.74) is -0.324. The van der Waals surface area contributed by atoms with Crippen LogP contribution in [0.3, 0.4) is 0 Å². The van der Waals surface area contributed by atoms with Crippen LogP contribution in [0.25, 0.3) is 0 Å². The van der Waals surface area contributed by atoms with Gasteiger partial charge in [0.2, 0.25) is 0 Å². The molecule has 0 fully saturated rings. The van der Waals surface area contributed by atoms with Gasteiger partial charge in [0.05, 0.1) is 15.7 Å². The number of alkyl halides is 3. The lowest BCUT2D eigenvalue weighted by Gasteiger charge is -2.11. The van der Waals surface area contributed by atoms with Crippen molar-refractivity contribution in [1.29, 1.82) is 0 Å². The highest BCUT2D eigenvalue weighted by atomic mass is 35.5. The standard InChI is InChI=1S/C8H3Cl3F3NO/c9-3-1-4(10)6(5(11)2-3)15-7(16)8(12,13)14/h1-2H,(H,15,16). The first kappa shape index (κ1) is 13.4. The Labute approximate surface area is 103 Å². The van der Waals surface area contributed by atoms with Gasteiger partial charge in [-0.15, -0.1) is 0 Å². The third-order valence-corrected chi connectivity index (χ3v) is 2.32. The van der Waals surface area contributed by atoms with E-state index in [1.807, 2.05) is 0 Å². The SMILES string of the molecule is O=C(Nc1c(Cl)cc(Cl)cc1Cl)C(F)(F)F. The number of hydrogen-bond acceptors (Lipinski definition) is 1. The number of anilines is 1. The Morgan fingerprint density at radius 3 is 1.94 bits per heavy atom. The van der Waals surface area contributed by atoms with Gasteiger partial charge in [-0.25, -0.2) is 0 Å². The van der Waals surface area contributed by atoms with E-state index >= 15 is 0 Å². The van der Waals surface area contributed by atoms with E-state index in [4.69, 9.17) is 34.8 Å². The predicted octanol–water partition coefficient (Wildman–Crippen LogP) is 4.15. The maximum absolute atomic E-state index is 12.0. The van der Waals surface area contributed by atoms with Crippen molar-refractivity contribution in [3.8, 4) is 0 Å². The smallest absolute Gasteiger partial charge is 0.316 e. The average Bonchev–Trinajstić information content (AvgIpc) is 2.08. The highest BCUT2D eigenvalue weighted by molar-refractivity contribution is 6.42. The molecule has 0 radical (unpaired) electrons. The number of carbonyl (C=O) groups excluding carboxylic acids is 1. The Kier molecular flexibility index (Phi) is 3.93. The van der Waals surface area contributed by atoms with E-state index in [-0.39, 0.29) is 20.8 Å². The molecule has 1 rings (SSSR count). The summed E-state index contributed by atoms with van der Waals surface area (Å²) < 4.78 is 35.9. The first-order chi connectivity index (χ1) is 7.21. The van der Waals surface area contributed by atoms with Crippen LogP contribution in [-0.4, -0.2) is 12.1 Å². The molecule has 2 nitrogen and oxygen atoms in total. The molecule has 1 aromatic carbocycles. The van der Waals surface area contributed by atoms with Crippen LogP contribution >= 0.6 is 34.8 Å². The van der Waals surface area contributed by atoms with E-state index < -0.39 is 12.1 Å². The average molecular weight is 292 g/mol. The third-order valence-electron chi connectivity index (χ3n) is 1.50. The Hall–Kier alpha value is -0.650. The van der Waals surface area contributed by atoms with Gasteiger partial charge in [0.15, 0.2) is 0 Å². The lowest BCUT2D eigenvalue weighted by Crippen LogP contribution is -2.30. The highest BCUT2D eigenvalue weighted by Gasteiger charge is 2.39. The van der Waals surface area contributed by atoms with Crippen LogP contribution in [0.2, 0.25) is 15.1 Å². The van der Waals surface area contributed by atoms with Crippen molar-refractivity contribution >= 4 is 46.4 Å². The van der Waals surface area contributed by atoms with E-state index in [0.717, 1.165) is 0 Å². The topological polar surface area (TPSA) is 29.1 Å². The highest BCUT2D eigenvalue weighted by Crippen LogP contribution is 2.34. The molecule has 1 aromatic rings. The van der Waals surface area contributed by atoms with Crippen molar-refractivity contribution in [2.24, 2.45) is 0 Å². The molecule has 0 bridgehead atoms. The van der Waals surface area contributed by atoms with Gasteiger partial charge in [0.1, 0.15) is 0 Å². The van der Waals surface area contributed by atoms with E-state index in [9.17, 15) is 18.0 Å². The van der Waals surface area contributed by atoms with Gasteiger partial charge >= 0.3 is 12.1 Å². The molecule has 0 spiro atoms. The van der Waals surface area contributed by atoms with Crippen LogP contribution in [-0.2, 0) is 4.79 Å². The fourth-order valence-electron chi connectivity index (χ4n) is 0.846. The van der Waals surface area contributed by atoms with Crippen molar-refractivity contribution in [2.45, 2.75) is 6.18 Å². The molecular formula is C8H3Cl3F3NO. The zero-order valence-corrected chi connectivity index (χ0v) is 9.60. The Balaban J connectivity index is 3.03. The monoisotopic (exact) mass is 291 g/mol. The zero-order valence-electron chi connectivity index (χ0n) is 7.33. The molecular weight excluding hydrogens is 289 g/mol. The number of hydrogen-bond donors (Lipinski definition) is 1. The zero-order chi connectivity index (χ0) is 12.5. The van der Waals surface area contributed by atoms with Gasteiger partial charge in [-0.3, -0.25) is 4.79 Å². The Morgan fingerprint density at radius 2 is 1.56 bits per heavy atom. The van der Waals surface area contributed by atoms with Crippen molar-refractivity contribution in [3.05, 3.63) is 27.2 Å². The van der Waals surface area contributed by atoms with Gasteiger partial charge in [-0.1, -0.05) is 34.8 Å². The number of benzene rings is 1. The largest absolute Gasteiger partial charge is 0.471 e. The van der Waals surface area contributed by atoms with E-state index in [1.165, 1.54) is 12.1 Å². The lowest BCUT2D eigenvalue weighted by molar-refractivity contribution is -0.167. The summed E-state index contributed by atoms with van der Waals surface area (Å²) in [6, 6.07) is 2.34. The molecule has 0 saturated heterocycles. The van der Waals surface area contributed by atoms with Crippen molar-refractivity contribution in [2.75, 3.05) is 5.32 Å². The summed E-state index contributed by atoms with van der Waals surface area (Å²) in [4.78, 5) is 10.6. The first-order valence-electron chi connectivity index (χ1n) is 3.74. The van der Waals surface area contributed by atoms with Gasteiger partial charge in [0, 0.05) is 5.02 Å². The van der Waals surface area contributed by atoms with Crippen LogP contribution < -0.4 is 5.32 Å². The van der Waals surface area contributed by atoms with Crippen molar-refractivity contribution < 1.29 is 18.0 Å². The molecule has 0 atom stereocenters. The molecule has 1 amide bonds. The van der Waals surface area contributed by atoms with Crippen LogP contribution in [0.5, 0.6) is 0 Å². The molecule has 0 heterocycles. The molecule has 0 aliphatic rings. The molecule has 16 heavy (non-hydrogen) atoms. The summed E-state index contributed by atoms with van der Waals surface area (Å²) in [5, 5.41) is 1.37. The second-order valence-electron chi connectivity index (χ2n) is 2.70. The Bertz CT molecular complexity index is 410. The molecule has 8 heteroatoms. The molecule has 0 saturated carbocycles. The fraction of sp³-hybridized carbons (Fsp3) is 0.125. The first-order valence-corrected chi connectivity index (χ1v) is 4.88. The van der Waals surface area contributed by atoms with Crippen LogP contribution in [0, 0.1) is 0 Å². The second kappa shape index (κ2) is 4.69. The second-order valence-corrected chi connectivity index (χ2v) is 3.95. The molecule has 0 aromatic heterocycles. The number of halogens is 6. The Morgan fingerprint density at radius 1 is 1.12 bits per heavy atom. The van der Waals surface area contributed by atoms with E-state index in [2.05, 4.69) is 0 Å². The van der Waals surface area contributed by atoms with Gasteiger partial charge in [-0.2, -0.15) is 13.2 Å². The number of rotatable bonds is 1. The summed E-state index contributed by atoms with van der Waals surface area (Å²) in [7, 11) is 0. The molecule has 1 N–H and O–H groups in total. The molecule has 0 unspecified atom stereocenters. The minimum Gasteiger partial charge on any atom is -0.316 e. The summed E-state index contributed by atoms with van der Waals surface area (Å²) in [6.07, 6.45) is -5.01. The van der Waals surface area contributed by atoms with Crippen LogP contribution in [0.15, 0.2) is 12.1 Å². The van der Waals surface area contributed by atoms with Crippen molar-refractivity contribution in [1.82, 2.24) is 0 Å². The molecule has 0 aliphatic heterocycles. The molecule has 88 valence electrons. The fourth-order valence-corrected chi connectivity index (χ4v) is 1.76. The minimum absolute atomic E-state index is 0.153. The summed E-state index contributed by atoms with van der Waals surface area (Å²) in [6.45, 7) is 0. The van der Waals surface area contributed by atoms with Gasteiger partial charge in [-0.05, 0) is 12.1 Å². The number of amides is 1. The third kappa shape index (κ3) is 3.17. The predicted molar refractivity (Wildman–Crippen MR) is 56.2 cm³/mol. The van der Waals surface area contributed by atoms with Gasteiger partial charge in [0.25, 0.3) is 0 Å². The summed E-state index contributed by atoms with van der Waals surface area (Å²) in [5.74, 6) is -2.15. The quantitative estimate of drug-likeness (QED) is 0.828. The van der Waals surface area contributed by atoms with Crippen LogP contribution in [0.4, 0.5) is 18.9 Å². The number of nitrogens with one attached hydrogen (secondary N) is 1. The molecule has 0 aliphatic carbocycles. The lowest BCUT2D eigenvalue weighted by atomic mass is 10.3. The van der Waals surface area contributed by atoms with E-state index in [1.54, 1.807) is 5.32 Å². The minimum atomic E-state index is -5.01. The normalized spacial score (nSPS) is 11.4. The van der Waals surface area contributed by atoms with E-state index in [0.29, 0.717) is 0 Å². The van der Waals surface area contributed by atoms with Crippen molar-refractivity contribution in [3.63, 3.8) is 0 Å². The maximum atomic E-state index is 12.0. The summed E-state index contributed by atoms with van der Waals surface area (Å²) >= 11 is 16.7. The van der Waals surface area contributed by atoms with Crippen LogP contribution in [0.1, 0.15) is 0 Å². The number of carbonyl (C=O) groups is 1.